The molecular weight excluding hydrogens is 392 g/mol. The zero-order chi connectivity index (χ0) is 15.1. The van der Waals surface area contributed by atoms with Gasteiger partial charge < -0.3 is 15.7 Å². The Kier molecular flexibility index (Phi) is 7.01. The molecule has 0 aliphatic rings. The van der Waals surface area contributed by atoms with Crippen molar-refractivity contribution in [3.8, 4) is 0 Å². The van der Waals surface area contributed by atoms with E-state index in [1.165, 1.54) is 0 Å². The molecule has 20 heavy (non-hydrogen) atoms. The van der Waals surface area contributed by atoms with Crippen LogP contribution in [0.1, 0.15) is 19.8 Å². The molecule has 0 bridgehead atoms. The second kappa shape index (κ2) is 8.26. The molecule has 0 saturated carbocycles. The number of halogens is 2. The van der Waals surface area contributed by atoms with Gasteiger partial charge in [0.1, 0.15) is 0 Å². The Hall–Kier alpha value is -1.08. The Morgan fingerprint density at radius 2 is 2.05 bits per heavy atom. The highest BCUT2D eigenvalue weighted by atomic mass is 79.9. The van der Waals surface area contributed by atoms with Crippen LogP contribution in [0.4, 0.5) is 10.5 Å². The molecule has 110 valence electrons. The molecule has 7 heteroatoms. The maximum Gasteiger partial charge on any atom is 0.319 e. The molecule has 1 aromatic rings. The predicted molar refractivity (Wildman–Crippen MR) is 84.9 cm³/mol. The Labute approximate surface area is 134 Å². The van der Waals surface area contributed by atoms with Gasteiger partial charge >= 0.3 is 12.0 Å². The van der Waals surface area contributed by atoms with E-state index in [0.717, 1.165) is 8.95 Å². The fourth-order valence-electron chi connectivity index (χ4n) is 1.60. The zero-order valence-corrected chi connectivity index (χ0v) is 14.1. The van der Waals surface area contributed by atoms with Gasteiger partial charge in [-0.15, -0.1) is 0 Å². The van der Waals surface area contributed by atoms with Gasteiger partial charge in [-0.05, 0) is 40.0 Å². The molecule has 0 fully saturated rings. The van der Waals surface area contributed by atoms with Crippen molar-refractivity contribution in [3.05, 3.63) is 27.1 Å². The molecule has 0 heterocycles. The van der Waals surface area contributed by atoms with E-state index in [1.54, 1.807) is 6.07 Å². The number of nitrogens with one attached hydrogen (secondary N) is 2. The standard InChI is InChI=1S/C13H16Br2N2O3/c1-2-8(5-12(18)19)7-16-13(20)17-11-4-3-9(14)6-10(11)15/h3-4,6,8H,2,5,7H2,1H3,(H,18,19)(H2,16,17,20). The number of amides is 2. The third-order valence-electron chi connectivity index (χ3n) is 2.77. The van der Waals surface area contributed by atoms with Crippen molar-refractivity contribution in [1.82, 2.24) is 5.32 Å². The Bertz CT molecular complexity index is 495. The lowest BCUT2D eigenvalue weighted by atomic mass is 10.0. The van der Waals surface area contributed by atoms with E-state index in [1.807, 2.05) is 19.1 Å². The van der Waals surface area contributed by atoms with Crippen LogP contribution in [-0.4, -0.2) is 23.7 Å². The second-order valence-corrected chi connectivity index (χ2v) is 6.10. The Morgan fingerprint density at radius 1 is 1.35 bits per heavy atom. The van der Waals surface area contributed by atoms with Gasteiger partial charge in [-0.3, -0.25) is 4.79 Å². The summed E-state index contributed by atoms with van der Waals surface area (Å²) in [6, 6.07) is 5.06. The number of benzene rings is 1. The lowest BCUT2D eigenvalue weighted by Crippen LogP contribution is -2.33. The van der Waals surface area contributed by atoms with Crippen LogP contribution < -0.4 is 10.6 Å². The molecule has 5 nitrogen and oxygen atoms in total. The van der Waals surface area contributed by atoms with Gasteiger partial charge in [0.15, 0.2) is 0 Å². The molecule has 1 unspecified atom stereocenters. The van der Waals surface area contributed by atoms with Crippen molar-refractivity contribution in [3.63, 3.8) is 0 Å². The van der Waals surface area contributed by atoms with Crippen LogP contribution in [0, 0.1) is 5.92 Å². The summed E-state index contributed by atoms with van der Waals surface area (Å²) in [5.74, 6) is -0.915. The number of anilines is 1. The first-order chi connectivity index (χ1) is 9.42. The molecule has 2 amide bonds. The Balaban J connectivity index is 2.49. The molecule has 1 atom stereocenters. The lowest BCUT2D eigenvalue weighted by molar-refractivity contribution is -0.138. The molecule has 0 aromatic heterocycles. The smallest absolute Gasteiger partial charge is 0.319 e. The monoisotopic (exact) mass is 406 g/mol. The van der Waals surface area contributed by atoms with Crippen LogP contribution in [0.25, 0.3) is 0 Å². The summed E-state index contributed by atoms with van der Waals surface area (Å²) < 4.78 is 1.67. The van der Waals surface area contributed by atoms with Gasteiger partial charge in [-0.25, -0.2) is 4.79 Å². The quantitative estimate of drug-likeness (QED) is 0.670. The van der Waals surface area contributed by atoms with Crippen LogP contribution in [-0.2, 0) is 4.79 Å². The fourth-order valence-corrected chi connectivity index (χ4v) is 2.75. The SMILES string of the molecule is CCC(CNC(=O)Nc1ccc(Br)cc1Br)CC(=O)O. The minimum atomic E-state index is -0.852. The highest BCUT2D eigenvalue weighted by Crippen LogP contribution is 2.25. The van der Waals surface area contributed by atoms with Crippen molar-refractivity contribution in [2.75, 3.05) is 11.9 Å². The van der Waals surface area contributed by atoms with Crippen molar-refractivity contribution in [2.45, 2.75) is 19.8 Å². The van der Waals surface area contributed by atoms with Crippen molar-refractivity contribution >= 4 is 49.5 Å². The number of urea groups is 1. The first-order valence-corrected chi connectivity index (χ1v) is 7.72. The summed E-state index contributed by atoms with van der Waals surface area (Å²) in [5, 5.41) is 14.1. The highest BCUT2D eigenvalue weighted by Gasteiger charge is 2.13. The van der Waals surface area contributed by atoms with E-state index in [-0.39, 0.29) is 18.4 Å². The van der Waals surface area contributed by atoms with Crippen molar-refractivity contribution in [2.24, 2.45) is 5.92 Å². The van der Waals surface area contributed by atoms with E-state index in [0.29, 0.717) is 18.7 Å². The maximum absolute atomic E-state index is 11.8. The molecule has 0 radical (unpaired) electrons. The first kappa shape index (κ1) is 17.0. The zero-order valence-electron chi connectivity index (χ0n) is 11.0. The minimum Gasteiger partial charge on any atom is -0.481 e. The van der Waals surface area contributed by atoms with Gasteiger partial charge in [-0.1, -0.05) is 29.3 Å². The van der Waals surface area contributed by atoms with E-state index >= 15 is 0 Å². The summed E-state index contributed by atoms with van der Waals surface area (Å²) >= 11 is 6.68. The number of carbonyl (C=O) groups is 2. The molecule has 0 spiro atoms. The van der Waals surface area contributed by atoms with Crippen LogP contribution in [0.2, 0.25) is 0 Å². The lowest BCUT2D eigenvalue weighted by Gasteiger charge is -2.14. The van der Waals surface area contributed by atoms with Crippen LogP contribution in [0.5, 0.6) is 0 Å². The van der Waals surface area contributed by atoms with E-state index in [9.17, 15) is 9.59 Å². The number of hydrogen-bond donors (Lipinski definition) is 3. The Morgan fingerprint density at radius 3 is 2.60 bits per heavy atom. The largest absolute Gasteiger partial charge is 0.481 e. The number of carbonyl (C=O) groups excluding carboxylic acids is 1. The number of aliphatic carboxylic acids is 1. The number of carboxylic acid groups (broad SMARTS) is 1. The molecule has 0 saturated heterocycles. The molecule has 1 rings (SSSR count). The molecular formula is C13H16Br2N2O3. The third kappa shape index (κ3) is 5.92. The maximum atomic E-state index is 11.8. The molecule has 3 N–H and O–H groups in total. The van der Waals surface area contributed by atoms with E-state index in [4.69, 9.17) is 5.11 Å². The third-order valence-corrected chi connectivity index (χ3v) is 3.92. The predicted octanol–water partition coefficient (Wildman–Crippen LogP) is 3.83. The van der Waals surface area contributed by atoms with Crippen LogP contribution >= 0.6 is 31.9 Å². The van der Waals surface area contributed by atoms with Gasteiger partial charge in [0.2, 0.25) is 0 Å². The van der Waals surface area contributed by atoms with Crippen molar-refractivity contribution < 1.29 is 14.7 Å². The normalized spacial score (nSPS) is 11.8. The topological polar surface area (TPSA) is 78.4 Å². The molecule has 0 aliphatic heterocycles. The second-order valence-electron chi connectivity index (χ2n) is 4.33. The van der Waals surface area contributed by atoms with Gasteiger partial charge in [0.05, 0.1) is 5.69 Å². The molecule has 1 aromatic carbocycles. The highest BCUT2D eigenvalue weighted by molar-refractivity contribution is 9.11. The first-order valence-electron chi connectivity index (χ1n) is 6.14. The fraction of sp³-hybridized carbons (Fsp3) is 0.385. The number of hydrogen-bond acceptors (Lipinski definition) is 2. The van der Waals surface area contributed by atoms with E-state index in [2.05, 4.69) is 42.5 Å². The van der Waals surface area contributed by atoms with Crippen molar-refractivity contribution in [1.29, 1.82) is 0 Å². The molecule has 0 aliphatic carbocycles. The van der Waals surface area contributed by atoms with Crippen LogP contribution in [0.15, 0.2) is 27.1 Å². The summed E-state index contributed by atoms with van der Waals surface area (Å²) in [4.78, 5) is 22.4. The van der Waals surface area contributed by atoms with Gasteiger partial charge in [-0.2, -0.15) is 0 Å². The average Bonchev–Trinajstić information content (AvgIpc) is 2.37. The summed E-state index contributed by atoms with van der Waals surface area (Å²) in [7, 11) is 0. The number of rotatable bonds is 6. The van der Waals surface area contributed by atoms with Crippen LogP contribution in [0.3, 0.4) is 0 Å². The number of carboxylic acids is 1. The summed E-state index contributed by atoms with van der Waals surface area (Å²) in [6.45, 7) is 2.24. The summed E-state index contributed by atoms with van der Waals surface area (Å²) in [6.07, 6.45) is 0.757. The van der Waals surface area contributed by atoms with E-state index < -0.39 is 5.97 Å². The van der Waals surface area contributed by atoms with Gasteiger partial charge in [0.25, 0.3) is 0 Å². The minimum absolute atomic E-state index is 0.0543. The van der Waals surface area contributed by atoms with Gasteiger partial charge in [0, 0.05) is 21.9 Å². The average molecular weight is 408 g/mol. The summed E-state index contributed by atoms with van der Waals surface area (Å²) in [5.41, 5.74) is 0.650.